The van der Waals surface area contributed by atoms with Gasteiger partial charge >= 0.3 is 0 Å². The summed E-state index contributed by atoms with van der Waals surface area (Å²) in [6.45, 7) is 4.72. The summed E-state index contributed by atoms with van der Waals surface area (Å²) in [5, 5.41) is 2.49. The predicted molar refractivity (Wildman–Crippen MR) is 275 cm³/mol. The van der Waals surface area contributed by atoms with Crippen LogP contribution in [0, 0.1) is 0 Å². The van der Waals surface area contributed by atoms with E-state index in [1.54, 1.807) is 0 Å². The molecule has 2 nitrogen and oxygen atoms in total. The van der Waals surface area contributed by atoms with E-state index in [4.69, 9.17) is 0 Å². The molecule has 2 aliphatic carbocycles. The number of aromatic nitrogens is 1. The Balaban J connectivity index is 1.04. The molecule has 310 valence electrons. The Morgan fingerprint density at radius 2 is 0.909 bits per heavy atom. The van der Waals surface area contributed by atoms with Crippen LogP contribution >= 0.6 is 0 Å². The minimum atomic E-state index is -0.558. The lowest BCUT2D eigenvalue weighted by Crippen LogP contribution is -2.33. The van der Waals surface area contributed by atoms with E-state index in [0.29, 0.717) is 0 Å². The van der Waals surface area contributed by atoms with Gasteiger partial charge in [0.1, 0.15) is 0 Å². The maximum absolute atomic E-state index is 2.54. The van der Waals surface area contributed by atoms with Crippen molar-refractivity contribution in [3.8, 4) is 50.2 Å². The van der Waals surface area contributed by atoms with Crippen LogP contribution in [0.5, 0.6) is 0 Å². The lowest BCUT2D eigenvalue weighted by molar-refractivity contribution is 0.660. The lowest BCUT2D eigenvalue weighted by Gasteiger charge is -2.40. The standard InChI is InChI=1S/C64H44N2/c1-63(2)53-25-11-6-21-47(53)50-37-34-43(38-57(50)63)41-32-35-44(36-33-41)65(59-29-15-9-20-46(59)42-18-4-3-5-19-42)45-39-52-51-24-10-16-30-60(51)66-61-31-17-14-28-56(61)64(58(40-45)62(52)66)54-26-12-7-22-48(54)49-23-8-13-27-55(49)64/h3-40H,1-2H3. The largest absolute Gasteiger partial charge is 0.310 e. The van der Waals surface area contributed by atoms with E-state index in [2.05, 4.69) is 254 Å². The van der Waals surface area contributed by atoms with Crippen molar-refractivity contribution in [2.24, 2.45) is 0 Å². The van der Waals surface area contributed by atoms with Crippen LogP contribution in [-0.4, -0.2) is 4.57 Å². The molecule has 0 amide bonds. The van der Waals surface area contributed by atoms with Gasteiger partial charge in [-0.1, -0.05) is 196 Å². The van der Waals surface area contributed by atoms with Gasteiger partial charge in [0.15, 0.2) is 0 Å². The summed E-state index contributed by atoms with van der Waals surface area (Å²) in [5.41, 5.74) is 24.5. The van der Waals surface area contributed by atoms with Gasteiger partial charge in [0.05, 0.1) is 27.8 Å². The summed E-state index contributed by atoms with van der Waals surface area (Å²) >= 11 is 0. The fourth-order valence-corrected chi connectivity index (χ4v) is 12.3. The zero-order valence-corrected chi connectivity index (χ0v) is 36.8. The van der Waals surface area contributed by atoms with Crippen LogP contribution < -0.4 is 4.90 Å². The van der Waals surface area contributed by atoms with E-state index in [1.165, 1.54) is 105 Å². The van der Waals surface area contributed by atoms with Crippen molar-refractivity contribution in [2.75, 3.05) is 4.90 Å². The fourth-order valence-electron chi connectivity index (χ4n) is 12.3. The number of rotatable bonds is 5. The van der Waals surface area contributed by atoms with Crippen LogP contribution in [0.3, 0.4) is 0 Å². The smallest absolute Gasteiger partial charge is 0.0755 e. The highest BCUT2D eigenvalue weighted by Gasteiger charge is 2.51. The van der Waals surface area contributed by atoms with Crippen molar-refractivity contribution in [3.05, 3.63) is 264 Å². The van der Waals surface area contributed by atoms with Crippen molar-refractivity contribution in [2.45, 2.75) is 24.7 Å². The molecule has 10 aromatic carbocycles. The summed E-state index contributed by atoms with van der Waals surface area (Å²) < 4.78 is 2.54. The third-order valence-corrected chi connectivity index (χ3v) is 15.2. The van der Waals surface area contributed by atoms with E-state index in [0.717, 1.165) is 17.1 Å². The first-order chi connectivity index (χ1) is 32.5. The Bertz CT molecular complexity index is 3750. The first kappa shape index (κ1) is 37.2. The van der Waals surface area contributed by atoms with Gasteiger partial charge in [0.2, 0.25) is 0 Å². The highest BCUT2D eigenvalue weighted by Crippen LogP contribution is 2.62. The number of benzene rings is 10. The molecule has 0 atom stereocenters. The van der Waals surface area contributed by atoms with E-state index in [9.17, 15) is 0 Å². The zero-order chi connectivity index (χ0) is 43.7. The minimum absolute atomic E-state index is 0.0693. The van der Waals surface area contributed by atoms with Gasteiger partial charge in [-0.15, -0.1) is 0 Å². The molecule has 2 heterocycles. The van der Waals surface area contributed by atoms with Crippen LogP contribution in [0.25, 0.3) is 72.0 Å². The molecule has 2 heteroatoms. The topological polar surface area (TPSA) is 8.17 Å². The highest BCUT2D eigenvalue weighted by molar-refractivity contribution is 6.14. The number of hydrogen-bond acceptors (Lipinski definition) is 1. The molecular weight excluding hydrogens is 797 g/mol. The molecule has 14 rings (SSSR count). The summed E-state index contributed by atoms with van der Waals surface area (Å²) in [6, 6.07) is 86.4. The lowest BCUT2D eigenvalue weighted by atomic mass is 9.65. The Morgan fingerprint density at radius 1 is 0.348 bits per heavy atom. The van der Waals surface area contributed by atoms with Crippen molar-refractivity contribution in [1.29, 1.82) is 0 Å². The fraction of sp³-hybridized carbons (Fsp3) is 0.0625. The van der Waals surface area contributed by atoms with Crippen molar-refractivity contribution in [3.63, 3.8) is 0 Å². The number of fused-ring (bicyclic) bond motifs is 15. The predicted octanol–water partition coefficient (Wildman–Crippen LogP) is 16.6. The molecule has 0 fully saturated rings. The van der Waals surface area contributed by atoms with Crippen molar-refractivity contribution >= 4 is 38.9 Å². The Kier molecular flexibility index (Phi) is 7.70. The third-order valence-electron chi connectivity index (χ3n) is 15.2. The van der Waals surface area contributed by atoms with Gasteiger partial charge in [0.25, 0.3) is 0 Å². The second kappa shape index (κ2) is 13.7. The van der Waals surface area contributed by atoms with Crippen LogP contribution in [0.1, 0.15) is 47.2 Å². The normalized spacial score (nSPS) is 14.2. The molecule has 0 unspecified atom stereocenters. The SMILES string of the molecule is CC1(C)c2ccccc2-c2ccc(-c3ccc(N(c4cc5c6c(c4)c4ccccc4n6-c4ccccc4C54c5ccccc5-c5ccccc54)c4ccccc4-c4ccccc4)cc3)cc21. The zero-order valence-electron chi connectivity index (χ0n) is 36.8. The molecule has 1 aliphatic heterocycles. The molecule has 0 saturated heterocycles. The van der Waals surface area contributed by atoms with Gasteiger partial charge in [-0.05, 0) is 121 Å². The number of para-hydroxylation sites is 3. The molecule has 0 N–H and O–H groups in total. The molecular formula is C64H44N2. The third kappa shape index (κ3) is 4.91. The maximum atomic E-state index is 2.54. The second-order valence-corrected chi connectivity index (χ2v) is 18.8. The van der Waals surface area contributed by atoms with Crippen LogP contribution in [0.4, 0.5) is 17.1 Å². The summed E-state index contributed by atoms with van der Waals surface area (Å²) in [6.07, 6.45) is 0. The number of anilines is 3. The number of hydrogen-bond donors (Lipinski definition) is 0. The quantitative estimate of drug-likeness (QED) is 0.168. The number of nitrogens with zero attached hydrogens (tertiary/aromatic N) is 2. The molecule has 11 aromatic rings. The van der Waals surface area contributed by atoms with Gasteiger partial charge in [0, 0.05) is 33.1 Å². The average Bonchev–Trinajstić information content (AvgIpc) is 3.95. The Hall–Kier alpha value is -8.20. The van der Waals surface area contributed by atoms with Crippen molar-refractivity contribution in [1.82, 2.24) is 4.57 Å². The van der Waals surface area contributed by atoms with E-state index >= 15 is 0 Å². The summed E-state index contributed by atoms with van der Waals surface area (Å²) in [4.78, 5) is 2.51. The van der Waals surface area contributed by atoms with E-state index in [1.807, 2.05) is 0 Å². The maximum Gasteiger partial charge on any atom is 0.0755 e. The molecule has 1 spiro atoms. The molecule has 0 saturated carbocycles. The minimum Gasteiger partial charge on any atom is -0.310 e. The van der Waals surface area contributed by atoms with E-state index < -0.39 is 5.41 Å². The van der Waals surface area contributed by atoms with Crippen LogP contribution in [0.2, 0.25) is 0 Å². The van der Waals surface area contributed by atoms with Gasteiger partial charge in [-0.25, -0.2) is 0 Å². The average molecular weight is 841 g/mol. The van der Waals surface area contributed by atoms with E-state index in [-0.39, 0.29) is 5.41 Å². The van der Waals surface area contributed by atoms with Crippen LogP contribution in [0.15, 0.2) is 231 Å². The summed E-state index contributed by atoms with van der Waals surface area (Å²) in [7, 11) is 0. The molecule has 66 heavy (non-hydrogen) atoms. The van der Waals surface area contributed by atoms with Crippen molar-refractivity contribution < 1.29 is 0 Å². The first-order valence-electron chi connectivity index (χ1n) is 23.2. The highest BCUT2D eigenvalue weighted by atomic mass is 15.1. The van der Waals surface area contributed by atoms with Gasteiger partial charge in [-0.3, -0.25) is 0 Å². The van der Waals surface area contributed by atoms with Crippen LogP contribution in [-0.2, 0) is 10.8 Å². The molecule has 0 bridgehead atoms. The second-order valence-electron chi connectivity index (χ2n) is 18.8. The Morgan fingerprint density at radius 3 is 1.65 bits per heavy atom. The molecule has 1 aromatic heterocycles. The Labute approximate surface area is 385 Å². The first-order valence-corrected chi connectivity index (χ1v) is 23.2. The monoisotopic (exact) mass is 840 g/mol. The molecule has 0 radical (unpaired) electrons. The summed E-state index contributed by atoms with van der Waals surface area (Å²) in [5.74, 6) is 0. The molecule has 3 aliphatic rings. The van der Waals surface area contributed by atoms with Gasteiger partial charge < -0.3 is 9.47 Å². The van der Waals surface area contributed by atoms with Gasteiger partial charge in [-0.2, -0.15) is 0 Å².